The number of carbonyl (C=O) groups is 3. The van der Waals surface area contributed by atoms with Crippen molar-refractivity contribution in [2.24, 2.45) is 5.41 Å². The first kappa shape index (κ1) is 25.1. The van der Waals surface area contributed by atoms with Gasteiger partial charge in [-0.05, 0) is 58.4 Å². The van der Waals surface area contributed by atoms with Crippen LogP contribution in [-0.2, 0) is 4.79 Å². The van der Waals surface area contributed by atoms with Crippen molar-refractivity contribution in [1.29, 1.82) is 0 Å². The third kappa shape index (κ3) is 5.03. The summed E-state index contributed by atoms with van der Waals surface area (Å²) in [7, 11) is 0. The highest BCUT2D eigenvalue weighted by Gasteiger charge is 2.47. The summed E-state index contributed by atoms with van der Waals surface area (Å²) >= 11 is 6.13. The maximum atomic E-state index is 13.9. The van der Waals surface area contributed by atoms with E-state index in [2.05, 4.69) is 20.6 Å². The minimum Gasteiger partial charge on any atom is -0.348 e. The van der Waals surface area contributed by atoms with E-state index in [1.165, 1.54) is 11.2 Å². The topological polar surface area (TPSA) is 107 Å². The molecule has 0 atom stereocenters. The summed E-state index contributed by atoms with van der Waals surface area (Å²) in [5.41, 5.74) is -0.331. The molecule has 8 nitrogen and oxygen atoms in total. The summed E-state index contributed by atoms with van der Waals surface area (Å²) in [6.07, 6.45) is 4.91. The molecule has 2 fully saturated rings. The quantitative estimate of drug-likeness (QED) is 0.532. The van der Waals surface area contributed by atoms with Gasteiger partial charge < -0.3 is 20.5 Å². The van der Waals surface area contributed by atoms with Crippen molar-refractivity contribution in [3.63, 3.8) is 0 Å². The highest BCUT2D eigenvalue weighted by atomic mass is 35.5. The Bertz CT molecular complexity index is 1140. The minimum absolute atomic E-state index is 0.00730. The zero-order chi connectivity index (χ0) is 25.3. The van der Waals surface area contributed by atoms with E-state index in [1.54, 1.807) is 0 Å². The minimum atomic E-state index is -1.06. The standard InChI is InChI=1S/C24H28ClF2N5O3/c1-13(2)30-21(33)19-20(29-12-28-19)22(34)31-14-4-7-24(8-5-14)6-3-9-32(23(24)35)18-11-17(27)16(26)10-15(18)25/h10-14H,3-9H2,1-2H3,(H,28,29)(H,30,33)(H,31,34)/t14-,24-. The molecule has 1 saturated heterocycles. The van der Waals surface area contributed by atoms with Crippen molar-refractivity contribution in [2.45, 2.75) is 64.5 Å². The van der Waals surface area contributed by atoms with E-state index in [0.29, 0.717) is 45.1 Å². The van der Waals surface area contributed by atoms with Crippen molar-refractivity contribution in [1.82, 2.24) is 20.6 Å². The normalized spacial score (nSPS) is 22.5. The summed E-state index contributed by atoms with van der Waals surface area (Å²) in [4.78, 5) is 46.8. The summed E-state index contributed by atoms with van der Waals surface area (Å²) in [6, 6.07) is 1.59. The Morgan fingerprint density at radius 2 is 1.86 bits per heavy atom. The fourth-order valence-corrected chi connectivity index (χ4v) is 5.28. The van der Waals surface area contributed by atoms with Crippen LogP contribution in [0.3, 0.4) is 0 Å². The number of aromatic nitrogens is 2. The van der Waals surface area contributed by atoms with Gasteiger partial charge in [-0.25, -0.2) is 13.8 Å². The predicted molar refractivity (Wildman–Crippen MR) is 126 cm³/mol. The number of amides is 3. The van der Waals surface area contributed by atoms with Gasteiger partial charge in [-0.1, -0.05) is 11.6 Å². The van der Waals surface area contributed by atoms with Crippen LogP contribution in [0.2, 0.25) is 5.02 Å². The number of anilines is 1. The van der Waals surface area contributed by atoms with Crippen LogP contribution in [0.25, 0.3) is 0 Å². The molecule has 4 rings (SSSR count). The Balaban J connectivity index is 1.42. The fraction of sp³-hybridized carbons (Fsp3) is 0.500. The molecular weight excluding hydrogens is 480 g/mol. The van der Waals surface area contributed by atoms with Gasteiger partial charge in [-0.3, -0.25) is 14.4 Å². The van der Waals surface area contributed by atoms with Crippen LogP contribution in [0.5, 0.6) is 0 Å². The molecule has 1 aromatic heterocycles. The first-order valence-corrected chi connectivity index (χ1v) is 12.1. The van der Waals surface area contributed by atoms with Crippen molar-refractivity contribution in [2.75, 3.05) is 11.4 Å². The van der Waals surface area contributed by atoms with Crippen molar-refractivity contribution < 1.29 is 23.2 Å². The van der Waals surface area contributed by atoms with E-state index in [0.717, 1.165) is 12.1 Å². The van der Waals surface area contributed by atoms with Gasteiger partial charge in [-0.15, -0.1) is 0 Å². The molecule has 35 heavy (non-hydrogen) atoms. The number of aromatic amines is 1. The number of carbonyl (C=O) groups excluding carboxylic acids is 3. The Kier molecular flexibility index (Phi) is 7.12. The molecule has 0 radical (unpaired) electrons. The van der Waals surface area contributed by atoms with Crippen LogP contribution in [0.1, 0.15) is 73.3 Å². The maximum Gasteiger partial charge on any atom is 0.272 e. The van der Waals surface area contributed by atoms with Gasteiger partial charge >= 0.3 is 0 Å². The molecular formula is C24H28ClF2N5O3. The van der Waals surface area contributed by atoms with Gasteiger partial charge in [0.05, 0.1) is 17.0 Å². The monoisotopic (exact) mass is 507 g/mol. The smallest absolute Gasteiger partial charge is 0.272 e. The van der Waals surface area contributed by atoms with Gasteiger partial charge in [0.1, 0.15) is 5.69 Å². The summed E-state index contributed by atoms with van der Waals surface area (Å²) in [5, 5.41) is 5.66. The van der Waals surface area contributed by atoms with Crippen LogP contribution >= 0.6 is 11.6 Å². The highest BCUT2D eigenvalue weighted by molar-refractivity contribution is 6.33. The van der Waals surface area contributed by atoms with Crippen molar-refractivity contribution in [3.8, 4) is 0 Å². The molecule has 1 aromatic carbocycles. The highest BCUT2D eigenvalue weighted by Crippen LogP contribution is 2.46. The van der Waals surface area contributed by atoms with E-state index >= 15 is 0 Å². The second-order valence-electron chi connectivity index (χ2n) is 9.56. The number of halogens is 3. The van der Waals surface area contributed by atoms with E-state index in [-0.39, 0.29) is 40.1 Å². The largest absolute Gasteiger partial charge is 0.348 e. The summed E-state index contributed by atoms with van der Waals surface area (Å²) < 4.78 is 27.4. The lowest BCUT2D eigenvalue weighted by molar-refractivity contribution is -0.132. The van der Waals surface area contributed by atoms with E-state index in [4.69, 9.17) is 11.6 Å². The summed E-state index contributed by atoms with van der Waals surface area (Å²) in [5.74, 6) is -3.12. The zero-order valence-electron chi connectivity index (χ0n) is 19.6. The van der Waals surface area contributed by atoms with E-state index in [9.17, 15) is 23.2 Å². The Morgan fingerprint density at radius 3 is 2.54 bits per heavy atom. The average Bonchev–Trinajstić information content (AvgIpc) is 3.30. The molecule has 1 aliphatic carbocycles. The molecule has 1 spiro atoms. The second-order valence-corrected chi connectivity index (χ2v) is 9.97. The summed E-state index contributed by atoms with van der Waals surface area (Å²) in [6.45, 7) is 4.01. The Hall–Kier alpha value is -3.01. The van der Waals surface area contributed by atoms with Crippen molar-refractivity contribution in [3.05, 3.63) is 46.5 Å². The van der Waals surface area contributed by atoms with Crippen LogP contribution in [0, 0.1) is 17.0 Å². The predicted octanol–water partition coefficient (Wildman–Crippen LogP) is 3.97. The fourth-order valence-electron chi connectivity index (χ4n) is 5.03. The number of nitrogens with one attached hydrogen (secondary N) is 3. The molecule has 188 valence electrons. The lowest BCUT2D eigenvalue weighted by Crippen LogP contribution is -2.52. The number of hydrogen-bond donors (Lipinski definition) is 3. The molecule has 2 aliphatic rings. The van der Waals surface area contributed by atoms with Crippen LogP contribution in [0.15, 0.2) is 18.5 Å². The number of H-pyrrole nitrogens is 1. The molecule has 3 amide bonds. The molecule has 1 aliphatic heterocycles. The molecule has 2 heterocycles. The maximum absolute atomic E-state index is 13.9. The van der Waals surface area contributed by atoms with Crippen LogP contribution in [0.4, 0.5) is 14.5 Å². The number of rotatable bonds is 5. The second kappa shape index (κ2) is 9.93. The SMILES string of the molecule is CC(C)NC(=O)c1nc[nH]c1C(=O)N[C@H]1CC[C@@]2(CCCN(c3cc(F)c(F)cc3Cl)C2=O)CC1. The van der Waals surface area contributed by atoms with Crippen molar-refractivity contribution >= 4 is 35.0 Å². The van der Waals surface area contributed by atoms with Crippen LogP contribution < -0.4 is 15.5 Å². The Morgan fingerprint density at radius 1 is 1.17 bits per heavy atom. The lowest BCUT2D eigenvalue weighted by atomic mass is 9.67. The number of benzene rings is 1. The van der Waals surface area contributed by atoms with Gasteiger partial charge in [0.25, 0.3) is 11.8 Å². The zero-order valence-corrected chi connectivity index (χ0v) is 20.3. The number of imidazole rings is 1. The van der Waals surface area contributed by atoms with Gasteiger partial charge in [-0.2, -0.15) is 0 Å². The van der Waals surface area contributed by atoms with E-state index in [1.807, 2.05) is 13.8 Å². The molecule has 3 N–H and O–H groups in total. The van der Waals surface area contributed by atoms with Gasteiger partial charge in [0.15, 0.2) is 17.3 Å². The molecule has 2 aromatic rings. The number of hydrogen-bond acceptors (Lipinski definition) is 4. The number of nitrogens with zero attached hydrogens (tertiary/aromatic N) is 2. The number of piperidine rings is 1. The molecule has 0 unspecified atom stereocenters. The van der Waals surface area contributed by atoms with Gasteiger partial charge in [0, 0.05) is 30.1 Å². The van der Waals surface area contributed by atoms with Gasteiger partial charge in [0.2, 0.25) is 5.91 Å². The average molecular weight is 508 g/mol. The first-order chi connectivity index (χ1) is 16.6. The third-order valence-electron chi connectivity index (χ3n) is 6.80. The van der Waals surface area contributed by atoms with E-state index < -0.39 is 28.9 Å². The molecule has 11 heteroatoms. The Labute approximate surface area is 206 Å². The molecule has 0 bridgehead atoms. The third-order valence-corrected chi connectivity index (χ3v) is 7.10. The lowest BCUT2D eigenvalue weighted by Gasteiger charge is -2.45. The van der Waals surface area contributed by atoms with Crippen LogP contribution in [-0.4, -0.2) is 46.3 Å². The first-order valence-electron chi connectivity index (χ1n) is 11.7. The molecule has 1 saturated carbocycles.